The zero-order chi connectivity index (χ0) is 23.4. The molecule has 0 aliphatic heterocycles. The molecule has 0 fully saturated rings. The molecule has 3 heterocycles. The van der Waals surface area contributed by atoms with Crippen molar-refractivity contribution in [3.8, 4) is 5.75 Å². The van der Waals surface area contributed by atoms with Gasteiger partial charge in [-0.1, -0.05) is 29.5 Å². The predicted octanol–water partition coefficient (Wildman–Crippen LogP) is 2.80. The summed E-state index contributed by atoms with van der Waals surface area (Å²) in [7, 11) is 0. The van der Waals surface area contributed by atoms with Crippen LogP contribution in [-0.4, -0.2) is 44.8 Å². The van der Waals surface area contributed by atoms with Crippen molar-refractivity contribution in [3.63, 3.8) is 0 Å². The number of nitrogens with one attached hydrogen (secondary N) is 1. The smallest absolute Gasteiger partial charge is 0.348 e. The Bertz CT molecular complexity index is 1360. The highest BCUT2D eigenvalue weighted by Gasteiger charge is 2.21. The van der Waals surface area contributed by atoms with Gasteiger partial charge in [0, 0.05) is 0 Å². The number of aryl methyl sites for hydroxylation is 2. The van der Waals surface area contributed by atoms with Crippen LogP contribution in [-0.2, 0) is 16.1 Å². The van der Waals surface area contributed by atoms with Crippen LogP contribution in [0.2, 0.25) is 0 Å². The Kier molecular flexibility index (Phi) is 6.75. The molecule has 0 saturated heterocycles. The molecule has 3 aromatic heterocycles. The molecule has 4 rings (SSSR count). The van der Waals surface area contributed by atoms with Gasteiger partial charge in [-0.2, -0.15) is 0 Å². The third-order valence-corrected chi connectivity index (χ3v) is 6.45. The lowest BCUT2D eigenvalue weighted by molar-refractivity contribution is -0.116. The van der Waals surface area contributed by atoms with E-state index in [1.165, 1.54) is 22.2 Å². The number of carbonyl (C=O) groups excluding carboxylic acids is 2. The van der Waals surface area contributed by atoms with Crippen LogP contribution >= 0.6 is 22.7 Å². The first-order chi connectivity index (χ1) is 15.9. The number of hydrogen-bond acceptors (Lipinski definition) is 10. The van der Waals surface area contributed by atoms with E-state index >= 15 is 0 Å². The second-order valence-electron chi connectivity index (χ2n) is 6.89. The van der Waals surface area contributed by atoms with Crippen LogP contribution in [0.1, 0.15) is 20.2 Å². The van der Waals surface area contributed by atoms with Crippen LogP contribution in [0.5, 0.6) is 5.75 Å². The Morgan fingerprint density at radius 3 is 2.61 bits per heavy atom. The molecule has 0 radical (unpaired) electrons. The number of carbonyl (C=O) groups is 2. The number of fused-ring (bicyclic) bond motifs is 1. The van der Waals surface area contributed by atoms with Crippen molar-refractivity contribution < 1.29 is 19.1 Å². The summed E-state index contributed by atoms with van der Waals surface area (Å²) in [6, 6.07) is 9.20. The molecule has 1 amide bonds. The van der Waals surface area contributed by atoms with Crippen LogP contribution in [0.25, 0.3) is 10.2 Å². The first-order valence-corrected chi connectivity index (χ1v) is 11.5. The van der Waals surface area contributed by atoms with E-state index in [0.29, 0.717) is 31.2 Å². The van der Waals surface area contributed by atoms with Crippen LogP contribution in [0.15, 0.2) is 41.5 Å². The molecule has 0 unspecified atom stereocenters. The number of benzene rings is 1. The molecule has 170 valence electrons. The Morgan fingerprint density at radius 1 is 1.09 bits per heavy atom. The van der Waals surface area contributed by atoms with Crippen molar-refractivity contribution in [2.75, 3.05) is 18.5 Å². The normalized spacial score (nSPS) is 10.8. The van der Waals surface area contributed by atoms with E-state index in [9.17, 15) is 14.4 Å². The first kappa shape index (κ1) is 22.6. The van der Waals surface area contributed by atoms with Gasteiger partial charge >= 0.3 is 5.97 Å². The number of aromatic nitrogens is 4. The zero-order valence-electron chi connectivity index (χ0n) is 17.7. The molecule has 0 atom stereocenters. The third kappa shape index (κ3) is 5.23. The minimum absolute atomic E-state index is 0.0599. The van der Waals surface area contributed by atoms with Crippen molar-refractivity contribution in [2.45, 2.75) is 20.4 Å². The minimum Gasteiger partial charge on any atom is -0.490 e. The van der Waals surface area contributed by atoms with Crippen LogP contribution < -0.4 is 15.6 Å². The van der Waals surface area contributed by atoms with Crippen molar-refractivity contribution in [1.82, 2.24) is 19.7 Å². The number of thiophene rings is 1. The van der Waals surface area contributed by atoms with Crippen molar-refractivity contribution in [2.24, 2.45) is 0 Å². The monoisotopic (exact) mass is 485 g/mol. The lowest BCUT2D eigenvalue weighted by atomic mass is 10.2. The summed E-state index contributed by atoms with van der Waals surface area (Å²) in [6.07, 6.45) is 1.29. The van der Waals surface area contributed by atoms with E-state index in [0.717, 1.165) is 11.3 Å². The Morgan fingerprint density at radius 2 is 1.88 bits per heavy atom. The fourth-order valence-electron chi connectivity index (χ4n) is 3.00. The highest BCUT2D eigenvalue weighted by molar-refractivity contribution is 7.20. The van der Waals surface area contributed by atoms with Crippen molar-refractivity contribution >= 4 is 49.9 Å². The minimum atomic E-state index is -0.553. The van der Waals surface area contributed by atoms with Crippen molar-refractivity contribution in [1.29, 1.82) is 0 Å². The van der Waals surface area contributed by atoms with Crippen LogP contribution in [0, 0.1) is 13.8 Å². The molecule has 0 aliphatic rings. The maximum Gasteiger partial charge on any atom is 0.348 e. The Balaban J connectivity index is 1.43. The van der Waals surface area contributed by atoms with Gasteiger partial charge in [-0.15, -0.1) is 21.5 Å². The molecule has 12 heteroatoms. The number of esters is 1. The number of rotatable bonds is 8. The van der Waals surface area contributed by atoms with E-state index in [1.807, 2.05) is 30.3 Å². The van der Waals surface area contributed by atoms with Gasteiger partial charge in [0.2, 0.25) is 11.0 Å². The summed E-state index contributed by atoms with van der Waals surface area (Å²) < 4.78 is 12.0. The fraction of sp³-hybridized carbons (Fsp3) is 0.238. The molecule has 0 bridgehead atoms. The average Bonchev–Trinajstić information content (AvgIpc) is 3.36. The maximum absolute atomic E-state index is 12.9. The lowest BCUT2D eigenvalue weighted by Crippen LogP contribution is -2.27. The molecular weight excluding hydrogens is 466 g/mol. The number of nitrogens with zero attached hydrogens (tertiary/aromatic N) is 4. The van der Waals surface area contributed by atoms with E-state index in [-0.39, 0.29) is 25.1 Å². The molecule has 1 aromatic carbocycles. The Hall–Kier alpha value is -3.64. The predicted molar refractivity (Wildman–Crippen MR) is 124 cm³/mol. The van der Waals surface area contributed by atoms with Gasteiger partial charge in [0.1, 0.15) is 40.2 Å². The number of hydrogen-bond donors (Lipinski definition) is 1. The zero-order valence-corrected chi connectivity index (χ0v) is 19.4. The quantitative estimate of drug-likeness (QED) is 0.298. The van der Waals surface area contributed by atoms with Gasteiger partial charge in [0.05, 0.1) is 11.7 Å². The van der Waals surface area contributed by atoms with E-state index in [4.69, 9.17) is 9.47 Å². The van der Waals surface area contributed by atoms with Gasteiger partial charge < -0.3 is 9.47 Å². The molecule has 1 N–H and O–H groups in total. The molecule has 0 spiro atoms. The summed E-state index contributed by atoms with van der Waals surface area (Å²) >= 11 is 2.31. The van der Waals surface area contributed by atoms with E-state index in [1.54, 1.807) is 13.8 Å². The number of anilines is 1. The summed E-state index contributed by atoms with van der Waals surface area (Å²) in [5.41, 5.74) is 0.0554. The van der Waals surface area contributed by atoms with E-state index in [2.05, 4.69) is 20.5 Å². The Labute approximate surface area is 195 Å². The maximum atomic E-state index is 12.9. The summed E-state index contributed by atoms with van der Waals surface area (Å²) in [5, 5.41) is 11.6. The molecule has 0 aliphatic carbocycles. The molecule has 4 aromatic rings. The molecular formula is C21H19N5O5S2. The van der Waals surface area contributed by atoms with Crippen molar-refractivity contribution in [3.05, 3.63) is 62.5 Å². The highest BCUT2D eigenvalue weighted by Crippen LogP contribution is 2.27. The van der Waals surface area contributed by atoms with E-state index < -0.39 is 17.4 Å². The lowest BCUT2D eigenvalue weighted by Gasteiger charge is -2.07. The first-order valence-electron chi connectivity index (χ1n) is 9.86. The van der Waals surface area contributed by atoms with Gasteiger partial charge in [0.15, 0.2) is 0 Å². The van der Waals surface area contributed by atoms with Gasteiger partial charge in [0.25, 0.3) is 5.56 Å². The number of para-hydroxylation sites is 1. The van der Waals surface area contributed by atoms with Gasteiger partial charge in [-0.25, -0.2) is 9.78 Å². The SMILES string of the molecule is Cc1nnc(NC(=O)Cn2cnc3sc(C(=O)OCCOc4ccccc4)c(C)c3c2=O)s1. The second-order valence-corrected chi connectivity index (χ2v) is 9.07. The van der Waals surface area contributed by atoms with Gasteiger partial charge in [-0.3, -0.25) is 19.5 Å². The third-order valence-electron chi connectivity index (χ3n) is 4.52. The highest BCUT2D eigenvalue weighted by atomic mass is 32.1. The average molecular weight is 486 g/mol. The standard InChI is InChI=1S/C21H19N5O5S2/c1-12-16-18(33-17(12)20(29)31-9-8-30-14-6-4-3-5-7-14)22-11-26(19(16)28)10-15(27)23-21-25-24-13(2)32-21/h3-7,11H,8-10H2,1-2H3,(H,23,25,27). The second kappa shape index (κ2) is 9.88. The molecule has 0 saturated carbocycles. The fourth-order valence-corrected chi connectivity index (χ4v) is 4.64. The van der Waals surface area contributed by atoms with Gasteiger partial charge in [-0.05, 0) is 31.5 Å². The number of ether oxygens (including phenoxy) is 2. The summed E-state index contributed by atoms with van der Waals surface area (Å²) in [6.45, 7) is 3.45. The number of amides is 1. The summed E-state index contributed by atoms with van der Waals surface area (Å²) in [5.74, 6) is -0.301. The molecule has 10 nitrogen and oxygen atoms in total. The van der Waals surface area contributed by atoms with Crippen LogP contribution in [0.3, 0.4) is 0 Å². The largest absolute Gasteiger partial charge is 0.490 e. The molecule has 33 heavy (non-hydrogen) atoms. The van der Waals surface area contributed by atoms with Crippen LogP contribution in [0.4, 0.5) is 5.13 Å². The summed E-state index contributed by atoms with van der Waals surface area (Å²) in [4.78, 5) is 42.7. The topological polar surface area (TPSA) is 125 Å².